The van der Waals surface area contributed by atoms with Crippen molar-refractivity contribution >= 4 is 22.9 Å². The summed E-state index contributed by atoms with van der Waals surface area (Å²) in [6.07, 6.45) is 1.25. The molecule has 0 bridgehead atoms. The van der Waals surface area contributed by atoms with Crippen LogP contribution in [-0.4, -0.2) is 62.2 Å². The topological polar surface area (TPSA) is 148 Å². The molecule has 13 nitrogen and oxygen atoms in total. The molecule has 6 heterocycles. The molecule has 4 aliphatic rings. The van der Waals surface area contributed by atoms with Crippen LogP contribution in [0.15, 0.2) is 189 Å². The Morgan fingerprint density at radius 1 is 0.671 bits per heavy atom. The molecule has 0 aliphatic carbocycles. The standard InChI is InChI=1S/C60H49N5O8/c66-58(39-22-8-3-9-23-39)64-56-54-57(62-35-61-56)65(36-63-54)59-55(73-49-32-14-15-33-68-49)60(67,42-26-16-30-46-52(42)50(37-18-4-1-5-19-37)40-24-10-12-27-43(40)70-46)48(72-59)34-69-45-29-17-31-47-53(45)51(38-20-6-2-7-21-38)41-25-11-13-28-44(41)71-47/h1-13,16-31,35-36,48-51,55,59,67H,14-15,32-34H2,(H,61,62,64,66)/t48-,49?,50?,51?,55+,59-,60-/m1/s1. The lowest BCUT2D eigenvalue weighted by Crippen LogP contribution is -2.50. The van der Waals surface area contributed by atoms with Crippen LogP contribution in [0.2, 0.25) is 0 Å². The summed E-state index contributed by atoms with van der Waals surface area (Å²) in [4.78, 5) is 27.5. The molecule has 4 aliphatic heterocycles. The summed E-state index contributed by atoms with van der Waals surface area (Å²) in [7, 11) is 0. The minimum Gasteiger partial charge on any atom is -0.490 e. The molecule has 7 aromatic carbocycles. The molecule has 2 saturated heterocycles. The molecule has 0 spiro atoms. The van der Waals surface area contributed by atoms with Gasteiger partial charge < -0.3 is 38.8 Å². The molecule has 0 saturated carbocycles. The van der Waals surface area contributed by atoms with Crippen molar-refractivity contribution in [3.63, 3.8) is 0 Å². The second-order valence-electron chi connectivity index (χ2n) is 18.7. The van der Waals surface area contributed by atoms with Crippen molar-refractivity contribution in [2.75, 3.05) is 18.5 Å². The quantitative estimate of drug-likeness (QED) is 0.128. The number of para-hydroxylation sites is 2. The molecule has 13 rings (SSSR count). The Morgan fingerprint density at radius 2 is 1.29 bits per heavy atom. The smallest absolute Gasteiger partial charge is 0.256 e. The SMILES string of the molecule is O=C(Nc1ncnc2c1ncn2[C@@H]1O[C@H](COc2cccc3c2C(c2ccccc2)c2ccccc2O3)[C@](O)(c2cccc3c2C(c2ccccc2)c2ccccc2O3)[C@H]1OC1CCCCO1)c1ccccc1. The van der Waals surface area contributed by atoms with E-state index in [0.29, 0.717) is 52.6 Å². The van der Waals surface area contributed by atoms with E-state index in [4.69, 9.17) is 38.4 Å². The summed E-state index contributed by atoms with van der Waals surface area (Å²) in [6, 6.07) is 57.1. The van der Waals surface area contributed by atoms with E-state index < -0.39 is 30.3 Å². The van der Waals surface area contributed by atoms with E-state index in [2.05, 4.69) is 46.7 Å². The summed E-state index contributed by atoms with van der Waals surface area (Å²) in [5, 5.41) is 17.4. The number of aromatic nitrogens is 4. The number of imidazole rings is 1. The summed E-state index contributed by atoms with van der Waals surface area (Å²) in [5.41, 5.74) is 5.32. The molecule has 2 fully saturated rings. The zero-order chi connectivity index (χ0) is 48.9. The monoisotopic (exact) mass is 967 g/mol. The van der Waals surface area contributed by atoms with Crippen LogP contribution in [0.4, 0.5) is 5.82 Å². The first-order valence-electron chi connectivity index (χ1n) is 24.7. The Hall–Kier alpha value is -8.20. The number of benzene rings is 7. The van der Waals surface area contributed by atoms with Gasteiger partial charge in [0.15, 0.2) is 35.1 Å². The number of ether oxygens (including phenoxy) is 6. The molecular formula is C60H49N5O8. The Bertz CT molecular complexity index is 3480. The molecule has 0 radical (unpaired) electrons. The van der Waals surface area contributed by atoms with Crippen LogP contribution >= 0.6 is 0 Å². The van der Waals surface area contributed by atoms with Crippen LogP contribution in [0.3, 0.4) is 0 Å². The van der Waals surface area contributed by atoms with E-state index in [9.17, 15) is 9.90 Å². The van der Waals surface area contributed by atoms with Gasteiger partial charge in [-0.15, -0.1) is 0 Å². The largest absolute Gasteiger partial charge is 0.490 e. The van der Waals surface area contributed by atoms with Gasteiger partial charge in [-0.3, -0.25) is 9.36 Å². The molecule has 73 heavy (non-hydrogen) atoms. The number of nitrogens with zero attached hydrogens (tertiary/aromatic N) is 4. The minimum atomic E-state index is -1.98. The number of aliphatic hydroxyl groups is 1. The lowest BCUT2D eigenvalue weighted by Gasteiger charge is -2.40. The number of hydrogen-bond donors (Lipinski definition) is 2. The van der Waals surface area contributed by atoms with Crippen molar-refractivity contribution in [2.45, 2.75) is 61.4 Å². The Morgan fingerprint density at radius 3 is 1.97 bits per heavy atom. The first kappa shape index (κ1) is 44.7. The first-order valence-corrected chi connectivity index (χ1v) is 24.7. The molecule has 362 valence electrons. The van der Waals surface area contributed by atoms with E-state index in [-0.39, 0.29) is 30.2 Å². The summed E-state index contributed by atoms with van der Waals surface area (Å²) in [5.74, 6) is 2.58. The molecule has 13 heteroatoms. The predicted octanol–water partition coefficient (Wildman–Crippen LogP) is 11.4. The van der Waals surface area contributed by atoms with Gasteiger partial charge in [-0.05, 0) is 78.4 Å². The summed E-state index contributed by atoms with van der Waals surface area (Å²) >= 11 is 0. The number of carbonyl (C=O) groups is 1. The zero-order valence-corrected chi connectivity index (χ0v) is 39.5. The molecule has 2 N–H and O–H groups in total. The maximum absolute atomic E-state index is 14.5. The maximum Gasteiger partial charge on any atom is 0.256 e. The fourth-order valence-corrected chi connectivity index (χ4v) is 11.1. The molecule has 3 unspecified atom stereocenters. The highest BCUT2D eigenvalue weighted by molar-refractivity contribution is 6.06. The fraction of sp³-hybridized carbons (Fsp3) is 0.200. The van der Waals surface area contributed by atoms with Gasteiger partial charge in [0, 0.05) is 46.3 Å². The van der Waals surface area contributed by atoms with E-state index in [1.807, 2.05) is 115 Å². The molecule has 2 aromatic heterocycles. The normalized spacial score (nSPS) is 22.7. The van der Waals surface area contributed by atoms with Crippen LogP contribution in [0.5, 0.6) is 28.7 Å². The van der Waals surface area contributed by atoms with E-state index in [1.54, 1.807) is 35.2 Å². The number of nitrogens with one attached hydrogen (secondary N) is 1. The van der Waals surface area contributed by atoms with Crippen LogP contribution in [0.25, 0.3) is 11.2 Å². The fourth-order valence-electron chi connectivity index (χ4n) is 11.1. The lowest BCUT2D eigenvalue weighted by atomic mass is 9.74. The van der Waals surface area contributed by atoms with Gasteiger partial charge in [-0.1, -0.05) is 133 Å². The third-order valence-corrected chi connectivity index (χ3v) is 14.5. The van der Waals surface area contributed by atoms with Crippen molar-refractivity contribution in [1.29, 1.82) is 0 Å². The van der Waals surface area contributed by atoms with Crippen molar-refractivity contribution in [3.05, 3.63) is 233 Å². The van der Waals surface area contributed by atoms with Gasteiger partial charge in [0.25, 0.3) is 5.91 Å². The molecule has 9 aromatic rings. The highest BCUT2D eigenvalue weighted by Gasteiger charge is 2.61. The van der Waals surface area contributed by atoms with Gasteiger partial charge in [0.05, 0.1) is 6.33 Å². The number of fused-ring (bicyclic) bond motifs is 5. The van der Waals surface area contributed by atoms with E-state index >= 15 is 0 Å². The van der Waals surface area contributed by atoms with Crippen molar-refractivity contribution in [2.24, 2.45) is 0 Å². The van der Waals surface area contributed by atoms with E-state index in [1.165, 1.54) is 6.33 Å². The van der Waals surface area contributed by atoms with Gasteiger partial charge in [-0.25, -0.2) is 15.0 Å². The first-order chi connectivity index (χ1) is 36.0. The second-order valence-corrected chi connectivity index (χ2v) is 18.7. The second kappa shape index (κ2) is 18.8. The Balaban J connectivity index is 0.974. The van der Waals surface area contributed by atoms with Crippen LogP contribution in [0, 0.1) is 0 Å². The molecular weight excluding hydrogens is 919 g/mol. The molecule has 1 amide bonds. The van der Waals surface area contributed by atoms with Gasteiger partial charge in [0.2, 0.25) is 0 Å². The maximum atomic E-state index is 14.5. The third-order valence-electron chi connectivity index (χ3n) is 14.5. The van der Waals surface area contributed by atoms with Gasteiger partial charge in [-0.2, -0.15) is 0 Å². The Kier molecular flexibility index (Phi) is 11.5. The van der Waals surface area contributed by atoms with Crippen LogP contribution < -0.4 is 19.5 Å². The average molecular weight is 968 g/mol. The number of hydrogen-bond acceptors (Lipinski definition) is 11. The van der Waals surface area contributed by atoms with Crippen molar-refractivity contribution in [1.82, 2.24) is 19.5 Å². The Labute approximate surface area is 420 Å². The lowest BCUT2D eigenvalue weighted by molar-refractivity contribution is -0.233. The summed E-state index contributed by atoms with van der Waals surface area (Å²) in [6.45, 7) is 0.350. The van der Waals surface area contributed by atoms with Crippen LogP contribution in [0.1, 0.15) is 86.6 Å². The highest BCUT2D eigenvalue weighted by Crippen LogP contribution is 2.56. The number of carbonyl (C=O) groups excluding carboxylic acids is 1. The van der Waals surface area contributed by atoms with Gasteiger partial charge in [0.1, 0.15) is 53.9 Å². The van der Waals surface area contributed by atoms with Crippen molar-refractivity contribution in [3.8, 4) is 28.7 Å². The van der Waals surface area contributed by atoms with E-state index in [0.717, 1.165) is 57.7 Å². The molecule has 7 atom stereocenters. The highest BCUT2D eigenvalue weighted by atomic mass is 16.7. The predicted molar refractivity (Wildman–Crippen MR) is 272 cm³/mol. The minimum absolute atomic E-state index is 0.144. The third kappa shape index (κ3) is 7.88. The number of amides is 1. The zero-order valence-electron chi connectivity index (χ0n) is 39.5. The van der Waals surface area contributed by atoms with Crippen LogP contribution in [-0.2, 0) is 19.8 Å². The number of anilines is 1. The number of rotatable bonds is 11. The average Bonchev–Trinajstić information content (AvgIpc) is 4.00. The van der Waals surface area contributed by atoms with Crippen molar-refractivity contribution < 1.29 is 38.3 Å². The summed E-state index contributed by atoms with van der Waals surface area (Å²) < 4.78 is 43.0. The van der Waals surface area contributed by atoms with Gasteiger partial charge >= 0.3 is 0 Å².